The topological polar surface area (TPSA) is 84.7 Å². The van der Waals surface area contributed by atoms with Gasteiger partial charge in [-0.15, -0.1) is 21.5 Å². The monoisotopic (exact) mass is 322 g/mol. The average Bonchev–Trinajstić information content (AvgIpc) is 3.04. The van der Waals surface area contributed by atoms with Crippen molar-refractivity contribution < 1.29 is 4.79 Å². The standard InChI is InChI=1S/C14H22N6OS/c1-5-11-10(3)22-12(18-11)6-7-15-14(21)17-9(2)13-19-16-8-20(13)4/h8-9H,5-7H2,1-4H3,(H2,15,17,21). The van der Waals surface area contributed by atoms with Crippen molar-refractivity contribution in [1.29, 1.82) is 0 Å². The molecule has 1 unspecified atom stereocenters. The van der Waals surface area contributed by atoms with Gasteiger partial charge in [0.05, 0.1) is 16.7 Å². The van der Waals surface area contributed by atoms with E-state index in [1.807, 2.05) is 14.0 Å². The van der Waals surface area contributed by atoms with Gasteiger partial charge in [-0.1, -0.05) is 6.92 Å². The third kappa shape index (κ3) is 4.03. The summed E-state index contributed by atoms with van der Waals surface area (Å²) in [4.78, 5) is 17.7. The van der Waals surface area contributed by atoms with Crippen molar-refractivity contribution >= 4 is 17.4 Å². The Bertz CT molecular complexity index is 635. The fourth-order valence-electron chi connectivity index (χ4n) is 2.20. The molecular weight excluding hydrogens is 300 g/mol. The van der Waals surface area contributed by atoms with Crippen LogP contribution < -0.4 is 10.6 Å². The van der Waals surface area contributed by atoms with Gasteiger partial charge in [0.2, 0.25) is 0 Å². The van der Waals surface area contributed by atoms with E-state index in [0.717, 1.165) is 29.4 Å². The van der Waals surface area contributed by atoms with Crippen LogP contribution in [0.1, 0.15) is 41.3 Å². The Balaban J connectivity index is 1.77. The normalized spacial score (nSPS) is 12.2. The molecule has 0 bridgehead atoms. The number of nitrogens with one attached hydrogen (secondary N) is 2. The summed E-state index contributed by atoms with van der Waals surface area (Å²) >= 11 is 1.70. The Morgan fingerprint density at radius 2 is 2.27 bits per heavy atom. The molecule has 7 nitrogen and oxygen atoms in total. The smallest absolute Gasteiger partial charge is 0.315 e. The fraction of sp³-hybridized carbons (Fsp3) is 0.571. The summed E-state index contributed by atoms with van der Waals surface area (Å²) < 4.78 is 1.79. The Morgan fingerprint density at radius 1 is 1.50 bits per heavy atom. The zero-order valence-electron chi connectivity index (χ0n) is 13.4. The minimum absolute atomic E-state index is 0.193. The number of hydrogen-bond acceptors (Lipinski definition) is 5. The molecule has 2 rings (SSSR count). The fourth-order valence-corrected chi connectivity index (χ4v) is 3.22. The molecule has 0 aliphatic heterocycles. The number of rotatable bonds is 6. The molecule has 2 heterocycles. The molecule has 2 aromatic heterocycles. The van der Waals surface area contributed by atoms with Gasteiger partial charge < -0.3 is 15.2 Å². The maximum Gasteiger partial charge on any atom is 0.315 e. The molecule has 2 N–H and O–H groups in total. The number of carbonyl (C=O) groups excluding carboxylic acids is 1. The Morgan fingerprint density at radius 3 is 2.86 bits per heavy atom. The highest BCUT2D eigenvalue weighted by molar-refractivity contribution is 7.11. The first-order valence-electron chi connectivity index (χ1n) is 7.34. The summed E-state index contributed by atoms with van der Waals surface area (Å²) in [5.74, 6) is 0.721. The lowest BCUT2D eigenvalue weighted by atomic mass is 10.3. The van der Waals surface area contributed by atoms with Gasteiger partial charge in [0.1, 0.15) is 6.33 Å². The quantitative estimate of drug-likeness (QED) is 0.848. The second-order valence-electron chi connectivity index (χ2n) is 5.14. The second kappa shape index (κ2) is 7.35. The first kappa shape index (κ1) is 16.4. The average molecular weight is 322 g/mol. The minimum atomic E-state index is -0.209. The third-order valence-electron chi connectivity index (χ3n) is 3.38. The molecule has 0 saturated heterocycles. The summed E-state index contributed by atoms with van der Waals surface area (Å²) in [5.41, 5.74) is 1.15. The second-order valence-corrected chi connectivity index (χ2v) is 6.42. The van der Waals surface area contributed by atoms with Gasteiger partial charge in [0, 0.05) is 24.9 Å². The molecule has 0 aliphatic rings. The molecule has 0 aromatic carbocycles. The van der Waals surface area contributed by atoms with Crippen molar-refractivity contribution in [2.45, 2.75) is 39.7 Å². The van der Waals surface area contributed by atoms with Crippen LogP contribution in [-0.4, -0.2) is 32.3 Å². The van der Waals surface area contributed by atoms with Crippen LogP contribution in [-0.2, 0) is 19.9 Å². The van der Waals surface area contributed by atoms with Crippen molar-refractivity contribution in [2.75, 3.05) is 6.54 Å². The van der Waals surface area contributed by atoms with Crippen molar-refractivity contribution in [3.63, 3.8) is 0 Å². The van der Waals surface area contributed by atoms with Crippen LogP contribution in [0.2, 0.25) is 0 Å². The van der Waals surface area contributed by atoms with Gasteiger partial charge in [-0.3, -0.25) is 0 Å². The Kier molecular flexibility index (Phi) is 5.48. The lowest BCUT2D eigenvalue weighted by Gasteiger charge is -2.13. The van der Waals surface area contributed by atoms with E-state index < -0.39 is 0 Å². The van der Waals surface area contributed by atoms with Crippen LogP contribution in [0.5, 0.6) is 0 Å². The number of urea groups is 1. The number of thiazole rings is 1. The van der Waals surface area contributed by atoms with E-state index in [1.165, 1.54) is 4.88 Å². The molecule has 2 aromatic rings. The van der Waals surface area contributed by atoms with E-state index >= 15 is 0 Å². The lowest BCUT2D eigenvalue weighted by Crippen LogP contribution is -2.38. The molecule has 1 atom stereocenters. The number of hydrogen-bond donors (Lipinski definition) is 2. The maximum absolute atomic E-state index is 11.9. The molecule has 0 fully saturated rings. The zero-order valence-corrected chi connectivity index (χ0v) is 14.2. The number of nitrogens with zero attached hydrogens (tertiary/aromatic N) is 4. The van der Waals surface area contributed by atoms with E-state index in [-0.39, 0.29) is 12.1 Å². The predicted octanol–water partition coefficient (Wildman–Crippen LogP) is 1.75. The van der Waals surface area contributed by atoms with Gasteiger partial charge in [-0.2, -0.15) is 0 Å². The third-order valence-corrected chi connectivity index (χ3v) is 4.45. The molecule has 22 heavy (non-hydrogen) atoms. The summed E-state index contributed by atoms with van der Waals surface area (Å²) in [5, 5.41) is 14.5. The van der Waals surface area contributed by atoms with E-state index in [0.29, 0.717) is 6.54 Å². The van der Waals surface area contributed by atoms with Gasteiger partial charge in [0.15, 0.2) is 5.82 Å². The molecule has 8 heteroatoms. The first-order valence-corrected chi connectivity index (χ1v) is 8.16. The van der Waals surface area contributed by atoms with Crippen molar-refractivity contribution in [1.82, 2.24) is 30.4 Å². The van der Waals surface area contributed by atoms with E-state index in [1.54, 1.807) is 22.2 Å². The molecular formula is C14H22N6OS. The molecule has 0 spiro atoms. The summed E-state index contributed by atoms with van der Waals surface area (Å²) in [6.07, 6.45) is 3.31. The summed E-state index contributed by atoms with van der Waals surface area (Å²) in [7, 11) is 1.85. The van der Waals surface area contributed by atoms with Crippen LogP contribution in [0.25, 0.3) is 0 Å². The van der Waals surface area contributed by atoms with Crippen LogP contribution in [0.15, 0.2) is 6.33 Å². The SMILES string of the molecule is CCc1nc(CCNC(=O)NC(C)c2nncn2C)sc1C. The maximum atomic E-state index is 11.9. The highest BCUT2D eigenvalue weighted by atomic mass is 32.1. The Hall–Kier alpha value is -1.96. The van der Waals surface area contributed by atoms with Crippen LogP contribution >= 0.6 is 11.3 Å². The zero-order chi connectivity index (χ0) is 16.1. The number of carbonyl (C=O) groups is 1. The van der Waals surface area contributed by atoms with Crippen molar-refractivity contribution in [3.05, 3.63) is 27.7 Å². The lowest BCUT2D eigenvalue weighted by molar-refractivity contribution is 0.237. The van der Waals surface area contributed by atoms with Crippen molar-refractivity contribution in [3.8, 4) is 0 Å². The number of aryl methyl sites for hydroxylation is 3. The van der Waals surface area contributed by atoms with E-state index in [9.17, 15) is 4.79 Å². The van der Waals surface area contributed by atoms with E-state index in [4.69, 9.17) is 0 Å². The molecule has 0 aliphatic carbocycles. The summed E-state index contributed by atoms with van der Waals surface area (Å²) in [6, 6.07) is -0.402. The van der Waals surface area contributed by atoms with Gasteiger partial charge >= 0.3 is 6.03 Å². The number of amides is 2. The number of aromatic nitrogens is 4. The van der Waals surface area contributed by atoms with Crippen LogP contribution in [0, 0.1) is 6.92 Å². The Labute approximate surface area is 134 Å². The highest BCUT2D eigenvalue weighted by Gasteiger charge is 2.14. The largest absolute Gasteiger partial charge is 0.338 e. The molecule has 0 radical (unpaired) electrons. The first-order chi connectivity index (χ1) is 10.5. The minimum Gasteiger partial charge on any atom is -0.338 e. The molecule has 120 valence electrons. The highest BCUT2D eigenvalue weighted by Crippen LogP contribution is 2.17. The predicted molar refractivity (Wildman–Crippen MR) is 85.9 cm³/mol. The van der Waals surface area contributed by atoms with Crippen LogP contribution in [0.3, 0.4) is 0 Å². The molecule has 2 amide bonds. The van der Waals surface area contributed by atoms with Gasteiger partial charge in [0.25, 0.3) is 0 Å². The summed E-state index contributed by atoms with van der Waals surface area (Å²) in [6.45, 7) is 6.63. The van der Waals surface area contributed by atoms with Crippen molar-refractivity contribution in [2.24, 2.45) is 7.05 Å². The van der Waals surface area contributed by atoms with Gasteiger partial charge in [-0.05, 0) is 20.3 Å². The van der Waals surface area contributed by atoms with Crippen LogP contribution in [0.4, 0.5) is 4.79 Å². The van der Waals surface area contributed by atoms with E-state index in [2.05, 4.69) is 39.7 Å². The van der Waals surface area contributed by atoms with Gasteiger partial charge in [-0.25, -0.2) is 9.78 Å². The molecule has 0 saturated carbocycles.